The number of hydrogen-bond acceptors (Lipinski definition) is 8. The number of nitrogens with one attached hydrogen (secondary N) is 1. The van der Waals surface area contributed by atoms with E-state index in [0.29, 0.717) is 25.1 Å². The number of nitrogens with two attached hydrogens (primary N) is 1. The van der Waals surface area contributed by atoms with Crippen LogP contribution < -0.4 is 11.1 Å². The smallest absolute Gasteiger partial charge is 0.407 e. The van der Waals surface area contributed by atoms with Gasteiger partial charge < -0.3 is 20.5 Å². The Kier molecular flexibility index (Phi) is 11.2. The monoisotopic (exact) mass is 413 g/mol. The molecule has 1 rings (SSSR count). The number of rotatable bonds is 11. The Morgan fingerprint density at radius 1 is 1.33 bits per heavy atom. The van der Waals surface area contributed by atoms with Crippen LogP contribution in [0.25, 0.3) is 10.4 Å². The van der Waals surface area contributed by atoms with E-state index in [0.717, 1.165) is 5.56 Å². The maximum atomic E-state index is 11.9. The molecule has 9 nitrogen and oxygen atoms in total. The second kappa shape index (κ2) is 13.2. The van der Waals surface area contributed by atoms with Crippen molar-refractivity contribution in [1.29, 1.82) is 0 Å². The van der Waals surface area contributed by atoms with Crippen LogP contribution in [-0.4, -0.2) is 43.3 Å². The second-order valence-electron chi connectivity index (χ2n) is 5.40. The van der Waals surface area contributed by atoms with Crippen molar-refractivity contribution in [2.75, 3.05) is 19.9 Å². The van der Waals surface area contributed by atoms with E-state index in [9.17, 15) is 9.59 Å². The van der Waals surface area contributed by atoms with E-state index in [1.807, 2.05) is 6.26 Å². The fourth-order valence-corrected chi connectivity index (χ4v) is 4.03. The molecule has 0 saturated heterocycles. The molecular weight excluding hydrogens is 390 g/mol. The first-order chi connectivity index (χ1) is 13.0. The van der Waals surface area contributed by atoms with Crippen LogP contribution in [0.1, 0.15) is 18.4 Å². The van der Waals surface area contributed by atoms with Crippen molar-refractivity contribution < 1.29 is 19.1 Å². The average molecular weight is 414 g/mol. The molecule has 0 aliphatic carbocycles. The number of methoxy groups -OCH3 is 1. The summed E-state index contributed by atoms with van der Waals surface area (Å²) >= 11 is 0. The standard InChI is InChI=1S/C16H23N5O4S2/c1-24-15(22)14(17)8-7-13(27-26-2)9-19-16(23)25-10-11-3-5-12(6-4-11)20-21-18/h3-6,13-14H,7-10,17H2,1-2H3,(H,19,23). The summed E-state index contributed by atoms with van der Waals surface area (Å²) in [6.07, 6.45) is 2.54. The van der Waals surface area contributed by atoms with Gasteiger partial charge in [0.25, 0.3) is 0 Å². The number of carbonyl (C=O) groups is 2. The van der Waals surface area contributed by atoms with Gasteiger partial charge >= 0.3 is 12.1 Å². The Labute approximate surface area is 165 Å². The van der Waals surface area contributed by atoms with Crippen molar-refractivity contribution >= 4 is 39.3 Å². The van der Waals surface area contributed by atoms with Gasteiger partial charge in [0.1, 0.15) is 12.6 Å². The molecule has 148 valence electrons. The van der Waals surface area contributed by atoms with Gasteiger partial charge in [-0.25, -0.2) is 4.79 Å². The lowest BCUT2D eigenvalue weighted by Gasteiger charge is -2.17. The van der Waals surface area contributed by atoms with Gasteiger partial charge in [-0.15, -0.1) is 0 Å². The molecule has 11 heteroatoms. The SMILES string of the molecule is COC(=O)C(N)CCC(CNC(=O)OCc1ccc(N=[N+]=[N-])cc1)SSC. The molecule has 2 atom stereocenters. The van der Waals surface area contributed by atoms with Gasteiger partial charge in [-0.05, 0) is 30.2 Å². The fraction of sp³-hybridized carbons (Fsp3) is 0.500. The first-order valence-electron chi connectivity index (χ1n) is 8.07. The van der Waals surface area contributed by atoms with Gasteiger partial charge in [-0.2, -0.15) is 0 Å². The summed E-state index contributed by atoms with van der Waals surface area (Å²) in [7, 11) is 4.48. The number of ether oxygens (including phenoxy) is 2. The molecule has 1 amide bonds. The molecule has 0 bridgehead atoms. The second-order valence-corrected chi connectivity index (χ2v) is 8.17. The average Bonchev–Trinajstić information content (AvgIpc) is 2.68. The van der Waals surface area contributed by atoms with Gasteiger partial charge in [-0.1, -0.05) is 51.0 Å². The number of amides is 1. The summed E-state index contributed by atoms with van der Waals surface area (Å²) in [5.41, 5.74) is 15.4. The van der Waals surface area contributed by atoms with Crippen molar-refractivity contribution in [3.8, 4) is 0 Å². The first-order valence-corrected chi connectivity index (χ1v) is 10.7. The molecule has 2 unspecified atom stereocenters. The van der Waals surface area contributed by atoms with E-state index in [-0.39, 0.29) is 11.9 Å². The van der Waals surface area contributed by atoms with Gasteiger partial charge in [0.15, 0.2) is 0 Å². The van der Waals surface area contributed by atoms with Crippen LogP contribution in [0.3, 0.4) is 0 Å². The highest BCUT2D eigenvalue weighted by Crippen LogP contribution is 2.27. The Bertz CT molecular complexity index is 653. The van der Waals surface area contributed by atoms with Crippen molar-refractivity contribution in [1.82, 2.24) is 5.32 Å². The third kappa shape index (κ3) is 9.43. The van der Waals surface area contributed by atoms with Gasteiger partial charge in [-0.3, -0.25) is 4.79 Å². The van der Waals surface area contributed by atoms with Gasteiger partial charge in [0.2, 0.25) is 0 Å². The van der Waals surface area contributed by atoms with Gasteiger partial charge in [0.05, 0.1) is 7.11 Å². The number of benzene rings is 1. The summed E-state index contributed by atoms with van der Waals surface area (Å²) < 4.78 is 9.78. The van der Waals surface area contributed by atoms with E-state index in [1.54, 1.807) is 45.9 Å². The van der Waals surface area contributed by atoms with Gasteiger partial charge in [0, 0.05) is 22.4 Å². The fourth-order valence-electron chi connectivity index (χ4n) is 2.06. The summed E-state index contributed by atoms with van der Waals surface area (Å²) in [4.78, 5) is 25.9. The third-order valence-electron chi connectivity index (χ3n) is 3.48. The van der Waals surface area contributed by atoms with Crippen LogP contribution in [0, 0.1) is 0 Å². The van der Waals surface area contributed by atoms with Crippen LogP contribution in [0.4, 0.5) is 10.5 Å². The molecule has 0 fully saturated rings. The van der Waals surface area contributed by atoms with Crippen molar-refractivity contribution in [2.24, 2.45) is 10.8 Å². The molecule has 0 saturated carbocycles. The molecule has 0 spiro atoms. The van der Waals surface area contributed by atoms with Crippen molar-refractivity contribution in [3.63, 3.8) is 0 Å². The number of hydrogen-bond donors (Lipinski definition) is 2. The van der Waals surface area contributed by atoms with Crippen molar-refractivity contribution in [2.45, 2.75) is 30.7 Å². The Hall–Kier alpha value is -2.07. The first kappa shape index (κ1) is 23.0. The molecule has 0 radical (unpaired) electrons. The number of carbonyl (C=O) groups excluding carboxylic acids is 2. The molecule has 0 aromatic heterocycles. The quantitative estimate of drug-likeness (QED) is 0.186. The highest BCUT2D eigenvalue weighted by Gasteiger charge is 2.18. The molecular formula is C16H23N5O4S2. The summed E-state index contributed by atoms with van der Waals surface area (Å²) in [6, 6.07) is 6.06. The summed E-state index contributed by atoms with van der Waals surface area (Å²) in [6.45, 7) is 0.504. The van der Waals surface area contributed by atoms with Crippen molar-refractivity contribution in [3.05, 3.63) is 40.3 Å². The maximum absolute atomic E-state index is 11.9. The molecule has 3 N–H and O–H groups in total. The van der Waals surface area contributed by atoms with Crippen LogP contribution in [0.2, 0.25) is 0 Å². The van der Waals surface area contributed by atoms with E-state index in [1.165, 1.54) is 7.11 Å². The zero-order chi connectivity index (χ0) is 20.1. The van der Waals surface area contributed by atoms with E-state index in [4.69, 9.17) is 16.0 Å². The minimum atomic E-state index is -0.666. The minimum Gasteiger partial charge on any atom is -0.468 e. The lowest BCUT2D eigenvalue weighted by atomic mass is 10.1. The molecule has 0 aliphatic heterocycles. The zero-order valence-corrected chi connectivity index (χ0v) is 16.8. The number of esters is 1. The van der Waals surface area contributed by atoms with E-state index in [2.05, 4.69) is 20.1 Å². The lowest BCUT2D eigenvalue weighted by molar-refractivity contribution is -0.142. The minimum absolute atomic E-state index is 0.0892. The topological polar surface area (TPSA) is 139 Å². The van der Waals surface area contributed by atoms with E-state index < -0.39 is 18.1 Å². The summed E-state index contributed by atoms with van der Waals surface area (Å²) in [5.74, 6) is -0.443. The normalized spacial score (nSPS) is 12.4. The Balaban J connectivity index is 2.38. The van der Waals surface area contributed by atoms with Crippen LogP contribution in [0.5, 0.6) is 0 Å². The van der Waals surface area contributed by atoms with Crippen LogP contribution >= 0.6 is 21.6 Å². The Morgan fingerprint density at radius 3 is 2.63 bits per heavy atom. The predicted octanol–water partition coefficient (Wildman–Crippen LogP) is 3.51. The van der Waals surface area contributed by atoms with E-state index >= 15 is 0 Å². The predicted molar refractivity (Wildman–Crippen MR) is 108 cm³/mol. The molecule has 0 aliphatic rings. The number of nitrogens with zero attached hydrogens (tertiary/aromatic N) is 3. The van der Waals surface area contributed by atoms with Crippen LogP contribution in [0.15, 0.2) is 29.4 Å². The number of alkyl carbamates (subject to hydrolysis) is 1. The lowest BCUT2D eigenvalue weighted by Crippen LogP contribution is -2.35. The highest BCUT2D eigenvalue weighted by molar-refractivity contribution is 8.76. The number of azide groups is 1. The largest absolute Gasteiger partial charge is 0.468 e. The van der Waals surface area contributed by atoms with Crippen LogP contribution in [-0.2, 0) is 20.9 Å². The third-order valence-corrected chi connectivity index (χ3v) is 5.74. The highest BCUT2D eigenvalue weighted by atomic mass is 33.1. The zero-order valence-electron chi connectivity index (χ0n) is 15.2. The molecule has 1 aromatic rings. The molecule has 1 aromatic carbocycles. The molecule has 0 heterocycles. The Morgan fingerprint density at radius 2 is 2.04 bits per heavy atom. The summed E-state index contributed by atoms with van der Waals surface area (Å²) in [5, 5.41) is 6.28. The molecule has 27 heavy (non-hydrogen) atoms. The maximum Gasteiger partial charge on any atom is 0.407 e.